The fraction of sp³-hybridized carbons (Fsp3) is 0.435. The van der Waals surface area contributed by atoms with Gasteiger partial charge in [0.05, 0.1) is 0 Å². The van der Waals surface area contributed by atoms with Crippen LogP contribution in [0.3, 0.4) is 0 Å². The minimum absolute atomic E-state index is 0.0428. The van der Waals surface area contributed by atoms with Gasteiger partial charge in [-0.2, -0.15) is 0 Å². The number of carbonyl (C=O) groups excluding carboxylic acids is 2. The molecule has 1 unspecified atom stereocenters. The summed E-state index contributed by atoms with van der Waals surface area (Å²) in [6.07, 6.45) is 11.0. The molecule has 6 nitrogen and oxygen atoms in total. The van der Waals surface area contributed by atoms with Crippen LogP contribution in [0, 0.1) is 5.92 Å². The summed E-state index contributed by atoms with van der Waals surface area (Å²) in [5, 5.41) is 9.32. The van der Waals surface area contributed by atoms with Crippen LogP contribution in [-0.2, 0) is 4.79 Å². The lowest BCUT2D eigenvalue weighted by molar-refractivity contribution is -0.123. The van der Waals surface area contributed by atoms with Crippen molar-refractivity contribution in [1.29, 1.82) is 0 Å². The van der Waals surface area contributed by atoms with E-state index in [0.29, 0.717) is 17.5 Å². The second-order valence-corrected chi connectivity index (χ2v) is 8.14. The number of pyridine rings is 1. The zero-order valence-electron chi connectivity index (χ0n) is 16.6. The maximum Gasteiger partial charge on any atom is 0.252 e. The van der Waals surface area contributed by atoms with Crippen molar-refractivity contribution in [2.24, 2.45) is 5.92 Å². The maximum atomic E-state index is 12.9. The summed E-state index contributed by atoms with van der Waals surface area (Å²) in [7, 11) is 0. The number of benzene rings is 1. The Morgan fingerprint density at radius 1 is 1.00 bits per heavy atom. The van der Waals surface area contributed by atoms with Crippen LogP contribution in [0.4, 0.5) is 11.4 Å². The fourth-order valence-electron chi connectivity index (χ4n) is 3.92. The van der Waals surface area contributed by atoms with Crippen molar-refractivity contribution < 1.29 is 9.59 Å². The van der Waals surface area contributed by atoms with E-state index in [4.69, 9.17) is 0 Å². The summed E-state index contributed by atoms with van der Waals surface area (Å²) in [5.74, 6) is 0.265. The lowest BCUT2D eigenvalue weighted by Gasteiger charge is -2.21. The van der Waals surface area contributed by atoms with Crippen LogP contribution < -0.4 is 16.0 Å². The molecule has 152 valence electrons. The molecule has 2 amide bonds. The Bertz CT molecular complexity index is 845. The second kappa shape index (κ2) is 9.07. The van der Waals surface area contributed by atoms with Crippen molar-refractivity contribution in [3.63, 3.8) is 0 Å². The summed E-state index contributed by atoms with van der Waals surface area (Å²) in [6.45, 7) is 0. The van der Waals surface area contributed by atoms with E-state index >= 15 is 0 Å². The fourth-order valence-corrected chi connectivity index (χ4v) is 3.92. The van der Waals surface area contributed by atoms with E-state index in [0.717, 1.165) is 43.5 Å². The number of hydrogen-bond donors (Lipinski definition) is 3. The molecule has 2 aliphatic carbocycles. The number of carbonyl (C=O) groups is 2. The predicted molar refractivity (Wildman–Crippen MR) is 113 cm³/mol. The van der Waals surface area contributed by atoms with Gasteiger partial charge in [-0.25, -0.2) is 0 Å². The number of nitrogens with zero attached hydrogens (tertiary/aromatic N) is 1. The third kappa shape index (κ3) is 5.56. The van der Waals surface area contributed by atoms with E-state index in [-0.39, 0.29) is 11.8 Å². The number of nitrogens with one attached hydrogen (secondary N) is 3. The number of anilines is 2. The predicted octanol–water partition coefficient (Wildman–Crippen LogP) is 3.78. The van der Waals surface area contributed by atoms with Crippen molar-refractivity contribution in [2.45, 2.75) is 57.0 Å². The third-order valence-corrected chi connectivity index (χ3v) is 5.68. The van der Waals surface area contributed by atoms with E-state index < -0.39 is 6.04 Å². The Kier molecular flexibility index (Phi) is 6.08. The molecule has 4 rings (SSSR count). The molecule has 1 aromatic heterocycles. The molecule has 0 radical (unpaired) electrons. The average Bonchev–Trinajstić information content (AvgIpc) is 3.40. The van der Waals surface area contributed by atoms with Crippen LogP contribution in [-0.4, -0.2) is 28.9 Å². The van der Waals surface area contributed by atoms with Gasteiger partial charge in [0.1, 0.15) is 6.04 Å². The largest absolute Gasteiger partial charge is 0.355 e. The second-order valence-electron chi connectivity index (χ2n) is 8.14. The Balaban J connectivity index is 1.43. The van der Waals surface area contributed by atoms with E-state index in [1.54, 1.807) is 24.5 Å². The SMILES string of the molecule is O=C(NC(CC1CCCC1)C(=O)NC1CC1)c1cccc(Nc2ccncc2)c1. The van der Waals surface area contributed by atoms with Crippen LogP contribution in [0.5, 0.6) is 0 Å². The summed E-state index contributed by atoms with van der Waals surface area (Å²) in [4.78, 5) is 29.6. The van der Waals surface area contributed by atoms with Gasteiger partial charge in [0.15, 0.2) is 0 Å². The molecular weight excluding hydrogens is 364 g/mol. The first kappa shape index (κ1) is 19.4. The van der Waals surface area contributed by atoms with E-state index in [1.807, 2.05) is 24.3 Å². The molecule has 1 atom stereocenters. The summed E-state index contributed by atoms with van der Waals surface area (Å²) in [6, 6.07) is 10.9. The molecule has 0 aliphatic heterocycles. The number of hydrogen-bond acceptors (Lipinski definition) is 4. The van der Waals surface area contributed by atoms with Crippen LogP contribution in [0.1, 0.15) is 55.3 Å². The summed E-state index contributed by atoms with van der Waals surface area (Å²) >= 11 is 0. The minimum Gasteiger partial charge on any atom is -0.355 e. The van der Waals surface area contributed by atoms with Crippen LogP contribution in [0.2, 0.25) is 0 Å². The van der Waals surface area contributed by atoms with Crippen molar-refractivity contribution in [2.75, 3.05) is 5.32 Å². The van der Waals surface area contributed by atoms with Crippen LogP contribution in [0.25, 0.3) is 0 Å². The number of amides is 2. The molecule has 0 bridgehead atoms. The Morgan fingerprint density at radius 3 is 2.48 bits per heavy atom. The van der Waals surface area contributed by atoms with Gasteiger partial charge >= 0.3 is 0 Å². The van der Waals surface area contributed by atoms with E-state index in [1.165, 1.54) is 12.8 Å². The van der Waals surface area contributed by atoms with Crippen LogP contribution >= 0.6 is 0 Å². The van der Waals surface area contributed by atoms with Gasteiger partial charge in [0.25, 0.3) is 5.91 Å². The highest BCUT2D eigenvalue weighted by molar-refractivity contribution is 5.98. The quantitative estimate of drug-likeness (QED) is 0.638. The molecule has 2 fully saturated rings. The van der Waals surface area contributed by atoms with E-state index in [9.17, 15) is 9.59 Å². The lowest BCUT2D eigenvalue weighted by atomic mass is 9.97. The molecule has 3 N–H and O–H groups in total. The van der Waals surface area contributed by atoms with Crippen molar-refractivity contribution in [1.82, 2.24) is 15.6 Å². The first-order chi connectivity index (χ1) is 14.2. The highest BCUT2D eigenvalue weighted by Crippen LogP contribution is 2.29. The molecule has 0 spiro atoms. The van der Waals surface area contributed by atoms with Gasteiger partial charge in [0, 0.05) is 35.4 Å². The highest BCUT2D eigenvalue weighted by atomic mass is 16.2. The average molecular weight is 393 g/mol. The monoisotopic (exact) mass is 392 g/mol. The Hall–Kier alpha value is -2.89. The third-order valence-electron chi connectivity index (χ3n) is 5.68. The Labute approximate surface area is 171 Å². The van der Waals surface area contributed by atoms with Crippen molar-refractivity contribution in [3.05, 3.63) is 54.4 Å². The van der Waals surface area contributed by atoms with E-state index in [2.05, 4.69) is 20.9 Å². The molecule has 0 saturated heterocycles. The molecule has 29 heavy (non-hydrogen) atoms. The molecule has 6 heteroatoms. The normalized spacial score (nSPS) is 17.5. The summed E-state index contributed by atoms with van der Waals surface area (Å²) < 4.78 is 0. The molecule has 1 aromatic carbocycles. The lowest BCUT2D eigenvalue weighted by Crippen LogP contribution is -2.48. The topological polar surface area (TPSA) is 83.1 Å². The number of rotatable bonds is 8. The summed E-state index contributed by atoms with van der Waals surface area (Å²) in [5.41, 5.74) is 2.26. The van der Waals surface area contributed by atoms with Gasteiger partial charge in [-0.1, -0.05) is 31.7 Å². The molecular formula is C23H28N4O2. The van der Waals surface area contributed by atoms with Gasteiger partial charge in [-0.15, -0.1) is 0 Å². The maximum absolute atomic E-state index is 12.9. The van der Waals surface area contributed by atoms with Gasteiger partial charge in [0.2, 0.25) is 5.91 Å². The van der Waals surface area contributed by atoms with Gasteiger partial charge < -0.3 is 16.0 Å². The zero-order valence-corrected chi connectivity index (χ0v) is 16.6. The van der Waals surface area contributed by atoms with Crippen LogP contribution in [0.15, 0.2) is 48.8 Å². The van der Waals surface area contributed by atoms with Crippen molar-refractivity contribution in [3.8, 4) is 0 Å². The van der Waals surface area contributed by atoms with Gasteiger partial charge in [-0.3, -0.25) is 14.6 Å². The highest BCUT2D eigenvalue weighted by Gasteiger charge is 2.31. The Morgan fingerprint density at radius 2 is 1.76 bits per heavy atom. The van der Waals surface area contributed by atoms with Gasteiger partial charge in [-0.05, 0) is 55.5 Å². The smallest absolute Gasteiger partial charge is 0.252 e. The molecule has 2 saturated carbocycles. The first-order valence-corrected chi connectivity index (χ1v) is 10.6. The molecule has 1 heterocycles. The zero-order chi connectivity index (χ0) is 20.1. The first-order valence-electron chi connectivity index (χ1n) is 10.6. The standard InChI is InChI=1S/C23H28N4O2/c28-22(17-6-3-7-20(15-17)25-19-10-12-24-13-11-19)27-21(14-16-4-1-2-5-16)23(29)26-18-8-9-18/h3,6-7,10-13,15-16,18,21H,1-2,4-5,8-9,14H2,(H,24,25)(H,26,29)(H,27,28). The molecule has 2 aromatic rings. The molecule has 2 aliphatic rings. The minimum atomic E-state index is -0.469. The van der Waals surface area contributed by atoms with Crippen molar-refractivity contribution >= 4 is 23.2 Å². The number of aromatic nitrogens is 1.